The predicted molar refractivity (Wildman–Crippen MR) is 127 cm³/mol. The van der Waals surface area contributed by atoms with Gasteiger partial charge in [0.2, 0.25) is 6.29 Å². The van der Waals surface area contributed by atoms with Crippen molar-refractivity contribution in [2.45, 2.75) is 51.2 Å². The summed E-state index contributed by atoms with van der Waals surface area (Å²) in [6.07, 6.45) is 1.39. The number of carbonyl (C=O) groups excluding carboxylic acids is 2. The Morgan fingerprint density at radius 2 is 2.03 bits per heavy atom. The summed E-state index contributed by atoms with van der Waals surface area (Å²) < 4.78 is 39.6. The number of thiazole rings is 1. The molecule has 186 valence electrons. The van der Waals surface area contributed by atoms with Crippen LogP contribution in [0.1, 0.15) is 50.7 Å². The summed E-state index contributed by atoms with van der Waals surface area (Å²) in [4.78, 5) is 32.7. The maximum absolute atomic E-state index is 13.9. The molecule has 1 saturated heterocycles. The third-order valence-corrected chi connectivity index (χ3v) is 8.02. The molecule has 3 aromatic rings. The van der Waals surface area contributed by atoms with Crippen molar-refractivity contribution >= 4 is 23.2 Å². The van der Waals surface area contributed by atoms with Crippen LogP contribution in [0.5, 0.6) is 5.75 Å². The number of hydrogen-bond acceptors (Lipinski definition) is 6. The maximum atomic E-state index is 13.9. The number of primary amides is 1. The first-order valence-electron chi connectivity index (χ1n) is 11.7. The monoisotopic (exact) mass is 511 g/mol. The molecule has 7 nitrogen and oxygen atoms in total. The highest BCUT2D eigenvalue weighted by Gasteiger charge is 2.55. The van der Waals surface area contributed by atoms with Crippen molar-refractivity contribution in [3.8, 4) is 16.2 Å². The summed E-state index contributed by atoms with van der Waals surface area (Å²) in [5.74, 6) is -1.31. The van der Waals surface area contributed by atoms with E-state index < -0.39 is 18.0 Å². The fourth-order valence-corrected chi connectivity index (χ4v) is 6.28. The molecule has 10 heteroatoms. The van der Waals surface area contributed by atoms with Crippen LogP contribution in [0.2, 0.25) is 0 Å². The van der Waals surface area contributed by atoms with Crippen LogP contribution in [-0.2, 0) is 11.3 Å². The lowest BCUT2D eigenvalue weighted by Gasteiger charge is -2.33. The van der Waals surface area contributed by atoms with Crippen LogP contribution in [0.15, 0.2) is 36.4 Å². The van der Waals surface area contributed by atoms with Gasteiger partial charge in [0.15, 0.2) is 0 Å². The molecule has 3 heterocycles. The largest absolute Gasteiger partial charge is 0.464 e. The molecule has 3 aliphatic rings. The summed E-state index contributed by atoms with van der Waals surface area (Å²) in [7, 11) is 0. The molecule has 0 spiro atoms. The van der Waals surface area contributed by atoms with E-state index in [0.29, 0.717) is 34.0 Å². The first-order chi connectivity index (χ1) is 17.3. The van der Waals surface area contributed by atoms with Gasteiger partial charge < -0.3 is 20.1 Å². The van der Waals surface area contributed by atoms with Crippen LogP contribution >= 0.6 is 11.3 Å². The van der Waals surface area contributed by atoms with Crippen LogP contribution in [0.3, 0.4) is 0 Å². The van der Waals surface area contributed by atoms with E-state index in [4.69, 9.17) is 15.2 Å². The third kappa shape index (κ3) is 4.04. The number of nitrogens with zero attached hydrogens (tertiary/aromatic N) is 2. The average Bonchev–Trinajstić information content (AvgIpc) is 3.32. The Hall–Kier alpha value is -3.37. The van der Waals surface area contributed by atoms with Crippen molar-refractivity contribution in [2.24, 2.45) is 11.7 Å². The van der Waals surface area contributed by atoms with Gasteiger partial charge in [-0.25, -0.2) is 13.8 Å². The second-order valence-corrected chi connectivity index (χ2v) is 10.7. The molecule has 0 radical (unpaired) electrons. The lowest BCUT2D eigenvalue weighted by atomic mass is 10.0. The quantitative estimate of drug-likeness (QED) is 0.547. The number of ether oxygens (including phenoxy) is 2. The van der Waals surface area contributed by atoms with Crippen molar-refractivity contribution in [1.82, 2.24) is 9.88 Å². The standard InChI is InChI=1S/C26H23F2N3O4S/c1-12-30-22(24(36-12)13-3-2-4-16(27)5-13)26(33)31-18(7-14-8-20(14)31)10-21-34-11-15-6-17(28)9-19(25(29)32)23(15)35-21/h2-6,9,14,18,20-21H,7-8,10-11H2,1H3,(H2,29,32)/t14-,18+,20+,21?/m1/s1. The highest BCUT2D eigenvalue weighted by molar-refractivity contribution is 7.15. The Morgan fingerprint density at radius 3 is 2.81 bits per heavy atom. The van der Waals surface area contributed by atoms with E-state index in [-0.39, 0.29) is 41.7 Å². The molecular formula is C26H23F2N3O4S. The van der Waals surface area contributed by atoms with Crippen molar-refractivity contribution in [3.05, 3.63) is 69.9 Å². The molecule has 1 saturated carbocycles. The number of piperidine rings is 1. The lowest BCUT2D eigenvalue weighted by Crippen LogP contribution is -2.42. The SMILES string of the molecule is Cc1nc(C(=O)N2[C@H](CC3OCc4cc(F)cc(C(N)=O)c4O3)C[C@@H]3C[C@@H]32)c(-c2cccc(F)c2)s1. The van der Waals surface area contributed by atoms with Crippen molar-refractivity contribution in [1.29, 1.82) is 0 Å². The van der Waals surface area contributed by atoms with Crippen molar-refractivity contribution in [2.75, 3.05) is 0 Å². The normalized spacial score (nSPS) is 24.1. The van der Waals surface area contributed by atoms with E-state index >= 15 is 0 Å². The van der Waals surface area contributed by atoms with Crippen molar-refractivity contribution < 1.29 is 27.8 Å². The molecule has 6 rings (SSSR count). The number of hydrogen-bond donors (Lipinski definition) is 1. The lowest BCUT2D eigenvalue weighted by molar-refractivity contribution is -0.119. The van der Waals surface area contributed by atoms with E-state index in [1.807, 2.05) is 11.8 Å². The number of amides is 2. The molecule has 4 atom stereocenters. The van der Waals surface area contributed by atoms with Gasteiger partial charge in [-0.1, -0.05) is 12.1 Å². The van der Waals surface area contributed by atoms with Gasteiger partial charge in [-0.05, 0) is 55.5 Å². The number of nitrogens with two attached hydrogens (primary N) is 1. The molecule has 2 amide bonds. The summed E-state index contributed by atoms with van der Waals surface area (Å²) >= 11 is 1.36. The number of rotatable bonds is 5. The molecule has 36 heavy (non-hydrogen) atoms. The van der Waals surface area contributed by atoms with Gasteiger partial charge in [0, 0.05) is 24.1 Å². The summed E-state index contributed by atoms with van der Waals surface area (Å²) in [6, 6.07) is 8.44. The van der Waals surface area contributed by atoms with Crippen LogP contribution in [0.25, 0.3) is 10.4 Å². The molecule has 2 aliphatic heterocycles. The molecule has 2 N–H and O–H groups in total. The zero-order valence-electron chi connectivity index (χ0n) is 19.4. The van der Waals surface area contributed by atoms with E-state index in [2.05, 4.69) is 4.98 Å². The molecule has 1 aliphatic carbocycles. The summed E-state index contributed by atoms with van der Waals surface area (Å²) in [5, 5.41) is 0.725. The molecule has 2 fully saturated rings. The van der Waals surface area contributed by atoms with Gasteiger partial charge in [0.25, 0.3) is 11.8 Å². The predicted octanol–water partition coefficient (Wildman–Crippen LogP) is 4.42. The minimum Gasteiger partial charge on any atom is -0.464 e. The first kappa shape index (κ1) is 23.1. The Bertz CT molecular complexity index is 1390. The maximum Gasteiger partial charge on any atom is 0.274 e. The number of fused-ring (bicyclic) bond motifs is 2. The number of benzene rings is 2. The average molecular weight is 512 g/mol. The fourth-order valence-electron chi connectivity index (χ4n) is 5.37. The smallest absolute Gasteiger partial charge is 0.274 e. The van der Waals surface area contributed by atoms with Gasteiger partial charge >= 0.3 is 0 Å². The van der Waals surface area contributed by atoms with Crippen LogP contribution in [-0.4, -0.2) is 40.1 Å². The number of carbonyl (C=O) groups is 2. The highest BCUT2D eigenvalue weighted by atomic mass is 32.1. The van der Waals surface area contributed by atoms with Crippen LogP contribution < -0.4 is 10.5 Å². The Morgan fingerprint density at radius 1 is 1.19 bits per heavy atom. The fraction of sp³-hybridized carbons (Fsp3) is 0.346. The highest BCUT2D eigenvalue weighted by Crippen LogP contribution is 2.50. The molecule has 1 aromatic heterocycles. The number of halogens is 2. The Balaban J connectivity index is 1.25. The zero-order valence-corrected chi connectivity index (χ0v) is 20.2. The first-order valence-corrected chi connectivity index (χ1v) is 12.6. The number of aryl methyl sites for hydroxylation is 1. The van der Waals surface area contributed by atoms with Crippen LogP contribution in [0.4, 0.5) is 8.78 Å². The Labute approximate surface area is 209 Å². The molecular weight excluding hydrogens is 488 g/mol. The summed E-state index contributed by atoms with van der Waals surface area (Å²) in [5.41, 5.74) is 6.76. The van der Waals surface area contributed by atoms with Crippen molar-refractivity contribution in [3.63, 3.8) is 0 Å². The number of aromatic nitrogens is 1. The molecule has 1 unspecified atom stereocenters. The van der Waals surface area contributed by atoms with Crippen LogP contribution in [0, 0.1) is 24.5 Å². The topological polar surface area (TPSA) is 94.8 Å². The zero-order chi connectivity index (χ0) is 25.1. The van der Waals surface area contributed by atoms with Gasteiger partial charge in [0.05, 0.1) is 22.1 Å². The van der Waals surface area contributed by atoms with Gasteiger partial charge in [-0.15, -0.1) is 11.3 Å². The van der Waals surface area contributed by atoms with Gasteiger partial charge in [0.1, 0.15) is 23.1 Å². The van der Waals surface area contributed by atoms with E-state index in [9.17, 15) is 18.4 Å². The third-order valence-electron chi connectivity index (χ3n) is 7.00. The van der Waals surface area contributed by atoms with E-state index in [1.54, 1.807) is 12.1 Å². The van der Waals surface area contributed by atoms with Gasteiger partial charge in [-0.2, -0.15) is 0 Å². The van der Waals surface area contributed by atoms with E-state index in [1.165, 1.54) is 29.5 Å². The minimum absolute atomic E-state index is 0.0295. The molecule has 0 bridgehead atoms. The van der Waals surface area contributed by atoms with Gasteiger partial charge in [-0.3, -0.25) is 9.59 Å². The number of likely N-dealkylation sites (tertiary alicyclic amines) is 1. The van der Waals surface area contributed by atoms with E-state index in [0.717, 1.165) is 23.9 Å². The second kappa shape index (κ2) is 8.63. The Kier molecular flexibility index (Phi) is 5.53. The summed E-state index contributed by atoms with van der Waals surface area (Å²) in [6.45, 7) is 1.90. The minimum atomic E-state index is -0.783. The molecule has 2 aromatic carbocycles. The second-order valence-electron chi connectivity index (χ2n) is 9.49.